The number of halogens is 1. The summed E-state index contributed by atoms with van der Waals surface area (Å²) in [6, 6.07) is 10.8. The Balaban J connectivity index is 1.72. The predicted molar refractivity (Wildman–Crippen MR) is 79.5 cm³/mol. The molecule has 2 N–H and O–H groups in total. The van der Waals surface area contributed by atoms with Gasteiger partial charge in [0.1, 0.15) is 5.76 Å². The first-order valence-electron chi connectivity index (χ1n) is 6.53. The van der Waals surface area contributed by atoms with Gasteiger partial charge in [0.15, 0.2) is 0 Å². The van der Waals surface area contributed by atoms with Crippen molar-refractivity contribution in [3.8, 4) is 0 Å². The van der Waals surface area contributed by atoms with Gasteiger partial charge in [0.25, 0.3) is 0 Å². The lowest BCUT2D eigenvalue weighted by Crippen LogP contribution is -2.24. The van der Waals surface area contributed by atoms with E-state index in [0.717, 1.165) is 29.0 Å². The van der Waals surface area contributed by atoms with Gasteiger partial charge < -0.3 is 10.2 Å². The minimum atomic E-state index is 0.696. The Kier molecular flexibility index (Phi) is 3.62. The van der Waals surface area contributed by atoms with E-state index in [0.29, 0.717) is 6.04 Å². The lowest BCUT2D eigenvalue weighted by molar-refractivity contribution is 0.225. The molecule has 1 aromatic carbocycles. The van der Waals surface area contributed by atoms with Crippen molar-refractivity contribution < 1.29 is 4.42 Å². The second-order valence-electron chi connectivity index (χ2n) is 5.07. The third-order valence-electron chi connectivity index (χ3n) is 3.45. The topological polar surface area (TPSA) is 42.4 Å². The molecule has 1 aromatic heterocycles. The number of rotatable bonds is 5. The zero-order chi connectivity index (χ0) is 13.2. The zero-order valence-corrected chi connectivity index (χ0v) is 12.3. The summed E-state index contributed by atoms with van der Waals surface area (Å²) in [5.74, 6) is 1.03. The maximum Gasteiger partial charge on any atom is 0.117 e. The molecule has 19 heavy (non-hydrogen) atoms. The van der Waals surface area contributed by atoms with Gasteiger partial charge in [0.2, 0.25) is 0 Å². The van der Waals surface area contributed by atoms with Crippen molar-refractivity contribution in [1.29, 1.82) is 0 Å². The molecule has 1 fully saturated rings. The predicted octanol–water partition coefficient (Wildman–Crippen LogP) is 3.79. The first-order chi connectivity index (χ1) is 9.22. The molecule has 3 nitrogen and oxygen atoms in total. The molecule has 0 spiro atoms. The third kappa shape index (κ3) is 3.19. The van der Waals surface area contributed by atoms with Crippen LogP contribution in [0.1, 0.15) is 24.2 Å². The molecule has 1 aliphatic carbocycles. The van der Waals surface area contributed by atoms with Gasteiger partial charge in [-0.1, -0.05) is 6.07 Å². The van der Waals surface area contributed by atoms with Crippen LogP contribution in [0.3, 0.4) is 0 Å². The van der Waals surface area contributed by atoms with Crippen LogP contribution < -0.4 is 5.73 Å². The first-order valence-corrected chi connectivity index (χ1v) is 7.32. The summed E-state index contributed by atoms with van der Waals surface area (Å²) >= 11 is 3.49. The van der Waals surface area contributed by atoms with Crippen molar-refractivity contribution >= 4 is 21.6 Å². The molecule has 0 radical (unpaired) electrons. The van der Waals surface area contributed by atoms with Crippen molar-refractivity contribution in [1.82, 2.24) is 4.90 Å². The van der Waals surface area contributed by atoms with Crippen molar-refractivity contribution in [3.63, 3.8) is 0 Å². The fourth-order valence-electron chi connectivity index (χ4n) is 2.26. The highest BCUT2D eigenvalue weighted by Crippen LogP contribution is 2.31. The average molecular weight is 321 g/mol. The molecule has 0 atom stereocenters. The molecule has 100 valence electrons. The molecular formula is C15H17BrN2O. The second kappa shape index (κ2) is 5.39. The summed E-state index contributed by atoms with van der Waals surface area (Å²) in [6.07, 6.45) is 4.31. The highest BCUT2D eigenvalue weighted by molar-refractivity contribution is 9.10. The van der Waals surface area contributed by atoms with Gasteiger partial charge in [-0.15, -0.1) is 0 Å². The van der Waals surface area contributed by atoms with Crippen LogP contribution in [0.25, 0.3) is 0 Å². The summed E-state index contributed by atoms with van der Waals surface area (Å²) in [7, 11) is 0. The molecule has 3 rings (SSSR count). The van der Waals surface area contributed by atoms with Crippen LogP contribution in [0.4, 0.5) is 5.69 Å². The van der Waals surface area contributed by atoms with Gasteiger partial charge in [0, 0.05) is 22.7 Å². The van der Waals surface area contributed by atoms with Gasteiger partial charge in [0.05, 0.1) is 12.8 Å². The number of nitrogens with zero attached hydrogens (tertiary/aromatic N) is 1. The van der Waals surface area contributed by atoms with Crippen LogP contribution in [0.5, 0.6) is 0 Å². The molecule has 0 saturated heterocycles. The van der Waals surface area contributed by atoms with E-state index in [9.17, 15) is 0 Å². The fourth-order valence-corrected chi connectivity index (χ4v) is 2.69. The number of hydrogen-bond donors (Lipinski definition) is 1. The molecule has 1 aliphatic rings. The van der Waals surface area contributed by atoms with Crippen LogP contribution in [0.15, 0.2) is 45.5 Å². The Morgan fingerprint density at radius 1 is 1.26 bits per heavy atom. The van der Waals surface area contributed by atoms with Gasteiger partial charge >= 0.3 is 0 Å². The van der Waals surface area contributed by atoms with Crippen molar-refractivity contribution in [3.05, 3.63) is 52.4 Å². The molecule has 4 heteroatoms. The van der Waals surface area contributed by atoms with Crippen LogP contribution in [-0.4, -0.2) is 10.9 Å². The molecule has 0 unspecified atom stereocenters. The molecule has 1 heterocycles. The lowest BCUT2D eigenvalue weighted by Gasteiger charge is -2.21. The quantitative estimate of drug-likeness (QED) is 0.852. The number of benzene rings is 1. The Morgan fingerprint density at radius 2 is 2.11 bits per heavy atom. The normalized spacial score (nSPS) is 15.1. The zero-order valence-electron chi connectivity index (χ0n) is 10.7. The van der Waals surface area contributed by atoms with E-state index in [-0.39, 0.29) is 0 Å². The van der Waals surface area contributed by atoms with E-state index in [4.69, 9.17) is 10.2 Å². The summed E-state index contributed by atoms with van der Waals surface area (Å²) in [6.45, 7) is 1.81. The summed E-state index contributed by atoms with van der Waals surface area (Å²) in [4.78, 5) is 2.47. The van der Waals surface area contributed by atoms with Crippen molar-refractivity contribution in [2.45, 2.75) is 32.0 Å². The van der Waals surface area contributed by atoms with Crippen LogP contribution >= 0.6 is 15.9 Å². The second-order valence-corrected chi connectivity index (χ2v) is 5.93. The van der Waals surface area contributed by atoms with E-state index in [1.165, 1.54) is 18.4 Å². The maximum atomic E-state index is 5.83. The van der Waals surface area contributed by atoms with E-state index in [1.807, 2.05) is 18.2 Å². The Labute approximate surface area is 121 Å². The van der Waals surface area contributed by atoms with Crippen molar-refractivity contribution in [2.24, 2.45) is 0 Å². The highest BCUT2D eigenvalue weighted by Gasteiger charge is 2.29. The minimum Gasteiger partial charge on any atom is -0.468 e. The maximum absolute atomic E-state index is 5.83. The number of nitrogen functional groups attached to an aromatic ring is 1. The summed E-state index contributed by atoms with van der Waals surface area (Å²) in [5, 5.41) is 0. The van der Waals surface area contributed by atoms with Crippen LogP contribution in [-0.2, 0) is 13.1 Å². The Hall–Kier alpha value is -1.26. The fraction of sp³-hybridized carbons (Fsp3) is 0.333. The standard InChI is InChI=1S/C15H17BrN2O/c16-14-8-11(3-6-15(14)17)9-18(12-4-5-12)10-13-2-1-7-19-13/h1-3,6-8,12H,4-5,9-10,17H2. The van der Waals surface area contributed by atoms with Crippen LogP contribution in [0.2, 0.25) is 0 Å². The molecular weight excluding hydrogens is 304 g/mol. The molecule has 0 amide bonds. The SMILES string of the molecule is Nc1ccc(CN(Cc2ccco2)C2CC2)cc1Br. The Bertz CT molecular complexity index is 549. The van der Waals surface area contributed by atoms with E-state index in [2.05, 4.69) is 33.0 Å². The minimum absolute atomic E-state index is 0.696. The van der Waals surface area contributed by atoms with Gasteiger partial charge in [-0.2, -0.15) is 0 Å². The van der Waals surface area contributed by atoms with E-state index < -0.39 is 0 Å². The molecule has 0 aliphatic heterocycles. The largest absolute Gasteiger partial charge is 0.468 e. The van der Waals surface area contributed by atoms with Gasteiger partial charge in [-0.05, 0) is 58.6 Å². The molecule has 1 saturated carbocycles. The number of furan rings is 1. The lowest BCUT2D eigenvalue weighted by atomic mass is 10.2. The summed E-state index contributed by atoms with van der Waals surface area (Å²) in [5.41, 5.74) is 7.89. The Morgan fingerprint density at radius 3 is 2.74 bits per heavy atom. The van der Waals surface area contributed by atoms with Crippen LogP contribution in [0, 0.1) is 0 Å². The average Bonchev–Trinajstić information content (AvgIpc) is 3.12. The third-order valence-corrected chi connectivity index (χ3v) is 4.14. The van der Waals surface area contributed by atoms with E-state index in [1.54, 1.807) is 6.26 Å². The highest BCUT2D eigenvalue weighted by atomic mass is 79.9. The van der Waals surface area contributed by atoms with E-state index >= 15 is 0 Å². The van der Waals surface area contributed by atoms with Crippen molar-refractivity contribution in [2.75, 3.05) is 5.73 Å². The molecule has 2 aromatic rings. The number of nitrogens with two attached hydrogens (primary N) is 1. The van der Waals surface area contributed by atoms with Gasteiger partial charge in [-0.25, -0.2) is 0 Å². The molecule has 0 bridgehead atoms. The number of anilines is 1. The van der Waals surface area contributed by atoms with Gasteiger partial charge in [-0.3, -0.25) is 4.90 Å². The monoisotopic (exact) mass is 320 g/mol. The number of hydrogen-bond acceptors (Lipinski definition) is 3. The first kappa shape index (κ1) is 12.8. The summed E-state index contributed by atoms with van der Waals surface area (Å²) < 4.78 is 6.42. The smallest absolute Gasteiger partial charge is 0.117 e.